The molecule has 1 aliphatic rings. The standard InChI is InChI=1S/C14H15NO2.C2H6/c1-11(8-9-15-2)6-7-12-4-3-5-13-14(12)17-10-16-13;1-2/h3-9,15H,1,10H2,2H3;1-2H3/b7-6+,9-8-;. The summed E-state index contributed by atoms with van der Waals surface area (Å²) >= 11 is 0. The molecule has 0 radical (unpaired) electrons. The Labute approximate surface area is 115 Å². The first-order valence-electron chi connectivity index (χ1n) is 6.40. The molecule has 102 valence electrons. The lowest BCUT2D eigenvalue weighted by molar-refractivity contribution is 0.174. The predicted molar refractivity (Wildman–Crippen MR) is 80.3 cm³/mol. The summed E-state index contributed by atoms with van der Waals surface area (Å²) in [6.45, 7) is 8.21. The lowest BCUT2D eigenvalue weighted by Crippen LogP contribution is -1.93. The van der Waals surface area contributed by atoms with Crippen molar-refractivity contribution in [1.29, 1.82) is 0 Å². The SMILES string of the molecule is C=C(/C=C\NC)/C=C/c1cccc2c1OCO2.CC. The van der Waals surface area contributed by atoms with Gasteiger partial charge in [-0.1, -0.05) is 44.7 Å². The number of ether oxygens (including phenoxy) is 2. The molecule has 1 N–H and O–H groups in total. The molecule has 1 aliphatic heterocycles. The third-order valence-corrected chi connectivity index (χ3v) is 2.37. The third-order valence-electron chi connectivity index (χ3n) is 2.37. The molecule has 0 fully saturated rings. The van der Waals surface area contributed by atoms with Crippen molar-refractivity contribution in [2.45, 2.75) is 13.8 Å². The van der Waals surface area contributed by atoms with Crippen LogP contribution in [0.5, 0.6) is 11.5 Å². The molecule has 0 unspecified atom stereocenters. The molecule has 1 aromatic carbocycles. The molecule has 0 saturated carbocycles. The largest absolute Gasteiger partial charge is 0.454 e. The van der Waals surface area contributed by atoms with Crippen LogP contribution >= 0.6 is 0 Å². The fourth-order valence-corrected chi connectivity index (χ4v) is 1.53. The normalized spacial score (nSPS) is 12.4. The van der Waals surface area contributed by atoms with Gasteiger partial charge < -0.3 is 14.8 Å². The highest BCUT2D eigenvalue weighted by Crippen LogP contribution is 2.36. The van der Waals surface area contributed by atoms with Crippen LogP contribution in [0, 0.1) is 0 Å². The van der Waals surface area contributed by atoms with Crippen molar-refractivity contribution in [3.05, 3.63) is 54.3 Å². The summed E-state index contributed by atoms with van der Waals surface area (Å²) in [5, 5.41) is 2.92. The highest BCUT2D eigenvalue weighted by molar-refractivity contribution is 5.65. The van der Waals surface area contributed by atoms with Crippen molar-refractivity contribution >= 4 is 6.08 Å². The summed E-state index contributed by atoms with van der Waals surface area (Å²) in [6, 6.07) is 5.83. The van der Waals surface area contributed by atoms with E-state index in [1.54, 1.807) is 0 Å². The van der Waals surface area contributed by atoms with Crippen molar-refractivity contribution in [3.63, 3.8) is 0 Å². The van der Waals surface area contributed by atoms with Crippen LogP contribution < -0.4 is 14.8 Å². The number of hydrogen-bond acceptors (Lipinski definition) is 3. The molecule has 0 aromatic heterocycles. The second kappa shape index (κ2) is 8.03. The third kappa shape index (κ3) is 4.21. The summed E-state index contributed by atoms with van der Waals surface area (Å²) in [5.41, 5.74) is 1.91. The van der Waals surface area contributed by atoms with Gasteiger partial charge in [-0.3, -0.25) is 0 Å². The van der Waals surface area contributed by atoms with E-state index in [-0.39, 0.29) is 0 Å². The zero-order valence-electron chi connectivity index (χ0n) is 11.8. The Morgan fingerprint density at radius 2 is 2.05 bits per heavy atom. The first kappa shape index (κ1) is 14.9. The molecule has 0 amide bonds. The minimum absolute atomic E-state index is 0.292. The van der Waals surface area contributed by atoms with E-state index in [1.165, 1.54) is 0 Å². The van der Waals surface area contributed by atoms with Crippen molar-refractivity contribution in [2.24, 2.45) is 0 Å². The van der Waals surface area contributed by atoms with E-state index in [0.29, 0.717) is 6.79 Å². The monoisotopic (exact) mass is 259 g/mol. The van der Waals surface area contributed by atoms with E-state index in [4.69, 9.17) is 9.47 Å². The molecule has 19 heavy (non-hydrogen) atoms. The Kier molecular flexibility index (Phi) is 6.30. The number of rotatable bonds is 4. The minimum Gasteiger partial charge on any atom is -0.454 e. The second-order valence-electron chi connectivity index (χ2n) is 3.61. The summed E-state index contributed by atoms with van der Waals surface area (Å²) in [5.74, 6) is 1.60. The van der Waals surface area contributed by atoms with E-state index in [0.717, 1.165) is 22.6 Å². The van der Waals surface area contributed by atoms with E-state index < -0.39 is 0 Å². The Morgan fingerprint density at radius 1 is 1.26 bits per heavy atom. The van der Waals surface area contributed by atoms with Gasteiger partial charge >= 0.3 is 0 Å². The maximum absolute atomic E-state index is 5.41. The summed E-state index contributed by atoms with van der Waals surface area (Å²) in [4.78, 5) is 0. The molecule has 0 spiro atoms. The Morgan fingerprint density at radius 3 is 2.79 bits per heavy atom. The van der Waals surface area contributed by atoms with Gasteiger partial charge in [0, 0.05) is 12.6 Å². The molecule has 1 heterocycles. The molecule has 0 bridgehead atoms. The van der Waals surface area contributed by atoms with Gasteiger partial charge in [0.1, 0.15) is 0 Å². The quantitative estimate of drug-likeness (QED) is 0.835. The number of nitrogens with one attached hydrogen (secondary N) is 1. The fraction of sp³-hybridized carbons (Fsp3) is 0.250. The number of hydrogen-bond donors (Lipinski definition) is 1. The highest BCUT2D eigenvalue weighted by atomic mass is 16.7. The van der Waals surface area contributed by atoms with E-state index in [1.807, 2.05) is 63.5 Å². The maximum atomic E-state index is 5.41. The van der Waals surface area contributed by atoms with Crippen LogP contribution in [0.25, 0.3) is 6.08 Å². The van der Waals surface area contributed by atoms with Crippen LogP contribution in [0.1, 0.15) is 19.4 Å². The topological polar surface area (TPSA) is 30.5 Å². The average Bonchev–Trinajstić information content (AvgIpc) is 2.94. The summed E-state index contributed by atoms with van der Waals surface area (Å²) in [7, 11) is 1.85. The maximum Gasteiger partial charge on any atom is 0.231 e. The van der Waals surface area contributed by atoms with Gasteiger partial charge in [0.25, 0.3) is 0 Å². The van der Waals surface area contributed by atoms with E-state index >= 15 is 0 Å². The number of fused-ring (bicyclic) bond motifs is 1. The first-order valence-corrected chi connectivity index (χ1v) is 6.40. The second-order valence-corrected chi connectivity index (χ2v) is 3.61. The van der Waals surface area contributed by atoms with Crippen LogP contribution in [0.4, 0.5) is 0 Å². The first-order chi connectivity index (χ1) is 9.31. The van der Waals surface area contributed by atoms with Crippen molar-refractivity contribution in [2.75, 3.05) is 13.8 Å². The predicted octanol–water partition coefficient (Wildman–Crippen LogP) is 3.74. The lowest BCUT2D eigenvalue weighted by atomic mass is 10.1. The van der Waals surface area contributed by atoms with Crippen LogP contribution in [-0.2, 0) is 0 Å². The zero-order valence-corrected chi connectivity index (χ0v) is 11.8. The smallest absolute Gasteiger partial charge is 0.231 e. The van der Waals surface area contributed by atoms with Crippen molar-refractivity contribution in [3.8, 4) is 11.5 Å². The van der Waals surface area contributed by atoms with Crippen LogP contribution in [-0.4, -0.2) is 13.8 Å². The fourth-order valence-electron chi connectivity index (χ4n) is 1.53. The lowest BCUT2D eigenvalue weighted by Gasteiger charge is -2.00. The number of allylic oxidation sites excluding steroid dienone is 3. The van der Waals surface area contributed by atoms with Crippen molar-refractivity contribution < 1.29 is 9.47 Å². The Bertz CT molecular complexity index is 476. The number of benzene rings is 1. The molecule has 3 heteroatoms. The molecule has 0 atom stereocenters. The van der Waals surface area contributed by atoms with Crippen LogP contribution in [0.2, 0.25) is 0 Å². The average molecular weight is 259 g/mol. The van der Waals surface area contributed by atoms with Gasteiger partial charge in [-0.15, -0.1) is 0 Å². The molecular formula is C16H21NO2. The minimum atomic E-state index is 0.292. The number of para-hydroxylation sites is 1. The molecular weight excluding hydrogens is 238 g/mol. The molecule has 2 rings (SSSR count). The zero-order chi connectivity index (χ0) is 14.1. The molecule has 1 aromatic rings. The molecule has 0 aliphatic carbocycles. The Balaban J connectivity index is 0.000000861. The Hall–Kier alpha value is -2.16. The summed E-state index contributed by atoms with van der Waals surface area (Å²) in [6.07, 6.45) is 7.64. The van der Waals surface area contributed by atoms with Gasteiger partial charge in [0.2, 0.25) is 6.79 Å². The van der Waals surface area contributed by atoms with Crippen molar-refractivity contribution in [1.82, 2.24) is 5.32 Å². The molecule has 0 saturated heterocycles. The van der Waals surface area contributed by atoms with E-state index in [2.05, 4.69) is 11.9 Å². The summed E-state index contributed by atoms with van der Waals surface area (Å²) < 4.78 is 10.7. The van der Waals surface area contributed by atoms with Gasteiger partial charge in [-0.2, -0.15) is 0 Å². The van der Waals surface area contributed by atoms with Crippen LogP contribution in [0.3, 0.4) is 0 Å². The van der Waals surface area contributed by atoms with Gasteiger partial charge in [-0.05, 0) is 23.9 Å². The van der Waals surface area contributed by atoms with Gasteiger partial charge in [-0.25, -0.2) is 0 Å². The highest BCUT2D eigenvalue weighted by Gasteiger charge is 2.15. The molecule has 3 nitrogen and oxygen atoms in total. The van der Waals surface area contributed by atoms with E-state index in [9.17, 15) is 0 Å². The van der Waals surface area contributed by atoms with Gasteiger partial charge in [0.15, 0.2) is 11.5 Å². The van der Waals surface area contributed by atoms with Crippen LogP contribution in [0.15, 0.2) is 48.7 Å². The van der Waals surface area contributed by atoms with Gasteiger partial charge in [0.05, 0.1) is 0 Å².